The van der Waals surface area contributed by atoms with Gasteiger partial charge in [0.1, 0.15) is 0 Å². The molecule has 2 nitrogen and oxygen atoms in total. The maximum Gasteiger partial charge on any atom is 0.0771 e. The van der Waals surface area contributed by atoms with Crippen LogP contribution in [0.2, 0.25) is 0 Å². The number of fused-ring (bicyclic) bond motifs is 1. The summed E-state index contributed by atoms with van der Waals surface area (Å²) >= 11 is 1.95. The summed E-state index contributed by atoms with van der Waals surface area (Å²) < 4.78 is 0. The predicted molar refractivity (Wildman–Crippen MR) is 80.6 cm³/mol. The van der Waals surface area contributed by atoms with Gasteiger partial charge in [-0.3, -0.25) is 0 Å². The van der Waals surface area contributed by atoms with E-state index < -0.39 is 5.60 Å². The Balaban J connectivity index is 1.64. The lowest BCUT2D eigenvalue weighted by Gasteiger charge is -2.35. The molecule has 1 aromatic rings. The van der Waals surface area contributed by atoms with Gasteiger partial charge in [0.25, 0.3) is 0 Å². The van der Waals surface area contributed by atoms with Crippen LogP contribution in [0.1, 0.15) is 50.1 Å². The molecule has 0 spiro atoms. The lowest BCUT2D eigenvalue weighted by atomic mass is 9.84. The van der Waals surface area contributed by atoms with Gasteiger partial charge in [0, 0.05) is 17.5 Å². The van der Waals surface area contributed by atoms with Crippen molar-refractivity contribution in [2.45, 2.75) is 55.1 Å². The SMILES string of the molecule is OC1(CNC2CCSc3ccccc32)CCCCC1. The molecule has 0 aromatic heterocycles. The Hall–Kier alpha value is -0.510. The molecule has 1 saturated carbocycles. The second-order valence-electron chi connectivity index (χ2n) is 5.89. The molecule has 104 valence electrons. The van der Waals surface area contributed by atoms with Gasteiger partial charge in [0.15, 0.2) is 0 Å². The average Bonchev–Trinajstić information content (AvgIpc) is 2.46. The zero-order valence-corrected chi connectivity index (χ0v) is 12.2. The van der Waals surface area contributed by atoms with Crippen LogP contribution in [0.3, 0.4) is 0 Å². The van der Waals surface area contributed by atoms with Crippen LogP contribution in [0, 0.1) is 0 Å². The number of hydrogen-bond acceptors (Lipinski definition) is 3. The number of aliphatic hydroxyl groups is 1. The Labute approximate surface area is 120 Å². The lowest BCUT2D eigenvalue weighted by molar-refractivity contribution is 0.00241. The minimum Gasteiger partial charge on any atom is -0.389 e. The number of hydrogen-bond donors (Lipinski definition) is 2. The van der Waals surface area contributed by atoms with Crippen molar-refractivity contribution in [1.82, 2.24) is 5.32 Å². The van der Waals surface area contributed by atoms with Crippen LogP contribution in [0.25, 0.3) is 0 Å². The van der Waals surface area contributed by atoms with E-state index >= 15 is 0 Å². The second kappa shape index (κ2) is 5.86. The smallest absolute Gasteiger partial charge is 0.0771 e. The topological polar surface area (TPSA) is 32.3 Å². The highest BCUT2D eigenvalue weighted by atomic mass is 32.2. The normalized spacial score (nSPS) is 25.8. The monoisotopic (exact) mass is 277 g/mol. The molecule has 0 amide bonds. The van der Waals surface area contributed by atoms with Gasteiger partial charge < -0.3 is 10.4 Å². The van der Waals surface area contributed by atoms with Crippen molar-refractivity contribution in [1.29, 1.82) is 0 Å². The first-order chi connectivity index (χ1) is 9.27. The van der Waals surface area contributed by atoms with Crippen molar-refractivity contribution in [3.63, 3.8) is 0 Å². The molecule has 1 atom stereocenters. The summed E-state index contributed by atoms with van der Waals surface area (Å²) in [4.78, 5) is 1.40. The zero-order chi connectivity index (χ0) is 13.1. The molecule has 1 aliphatic carbocycles. The Bertz CT molecular complexity index is 429. The van der Waals surface area contributed by atoms with Crippen molar-refractivity contribution in [3.05, 3.63) is 29.8 Å². The van der Waals surface area contributed by atoms with E-state index in [2.05, 4.69) is 29.6 Å². The minimum absolute atomic E-state index is 0.420. The summed E-state index contributed by atoms with van der Waals surface area (Å²) in [7, 11) is 0. The quantitative estimate of drug-likeness (QED) is 0.887. The zero-order valence-electron chi connectivity index (χ0n) is 11.4. The molecular weight excluding hydrogens is 254 g/mol. The first-order valence-electron chi connectivity index (χ1n) is 7.44. The molecule has 1 aliphatic heterocycles. The highest BCUT2D eigenvalue weighted by molar-refractivity contribution is 7.99. The number of benzene rings is 1. The third-order valence-electron chi connectivity index (χ3n) is 4.42. The van der Waals surface area contributed by atoms with E-state index in [1.54, 1.807) is 0 Å². The maximum absolute atomic E-state index is 10.6. The fraction of sp³-hybridized carbons (Fsp3) is 0.625. The predicted octanol–water partition coefficient (Wildman–Crippen LogP) is 3.51. The number of nitrogens with one attached hydrogen (secondary N) is 1. The third kappa shape index (κ3) is 3.15. The molecule has 1 fully saturated rings. The summed E-state index contributed by atoms with van der Waals surface area (Å²) in [6.45, 7) is 0.747. The standard InChI is InChI=1S/C16H23NOS/c18-16(9-4-1-5-10-16)12-17-14-8-11-19-15-7-3-2-6-13(14)15/h2-3,6-7,14,17-18H,1,4-5,8-12H2. The van der Waals surface area contributed by atoms with Crippen molar-refractivity contribution in [2.75, 3.05) is 12.3 Å². The Morgan fingerprint density at radius 3 is 2.84 bits per heavy atom. The third-order valence-corrected chi connectivity index (χ3v) is 5.54. The van der Waals surface area contributed by atoms with E-state index in [1.165, 1.54) is 35.5 Å². The Kier molecular flexibility index (Phi) is 4.15. The van der Waals surface area contributed by atoms with Gasteiger partial charge in [0.2, 0.25) is 0 Å². The first kappa shape index (κ1) is 13.5. The first-order valence-corrected chi connectivity index (χ1v) is 8.43. The van der Waals surface area contributed by atoms with E-state index in [9.17, 15) is 5.11 Å². The fourth-order valence-corrected chi connectivity index (χ4v) is 4.38. The Morgan fingerprint density at radius 2 is 2.00 bits per heavy atom. The maximum atomic E-state index is 10.6. The van der Waals surface area contributed by atoms with Crippen LogP contribution in [0.4, 0.5) is 0 Å². The summed E-state index contributed by atoms with van der Waals surface area (Å²) in [5.41, 5.74) is 0.954. The molecule has 19 heavy (non-hydrogen) atoms. The summed E-state index contributed by atoms with van der Waals surface area (Å²) in [6, 6.07) is 9.09. The lowest BCUT2D eigenvalue weighted by Crippen LogP contribution is -2.43. The molecule has 2 aliphatic rings. The molecule has 1 heterocycles. The summed E-state index contributed by atoms with van der Waals surface area (Å²) in [5.74, 6) is 1.17. The minimum atomic E-state index is -0.461. The molecule has 0 bridgehead atoms. The molecular formula is C16H23NOS. The van der Waals surface area contributed by atoms with Crippen LogP contribution in [-0.4, -0.2) is 23.0 Å². The highest BCUT2D eigenvalue weighted by Gasteiger charge is 2.30. The van der Waals surface area contributed by atoms with Crippen LogP contribution < -0.4 is 5.32 Å². The van der Waals surface area contributed by atoms with Gasteiger partial charge in [0.05, 0.1) is 5.60 Å². The summed E-state index contributed by atoms with van der Waals surface area (Å²) in [6.07, 6.45) is 6.72. The van der Waals surface area contributed by atoms with Gasteiger partial charge in [-0.15, -0.1) is 11.8 Å². The average molecular weight is 277 g/mol. The molecule has 2 N–H and O–H groups in total. The van der Waals surface area contributed by atoms with Gasteiger partial charge in [-0.05, 0) is 36.6 Å². The van der Waals surface area contributed by atoms with Crippen LogP contribution >= 0.6 is 11.8 Å². The molecule has 0 radical (unpaired) electrons. The molecule has 3 rings (SSSR count). The van der Waals surface area contributed by atoms with Crippen LogP contribution in [-0.2, 0) is 0 Å². The number of thioether (sulfide) groups is 1. The van der Waals surface area contributed by atoms with E-state index in [4.69, 9.17) is 0 Å². The molecule has 1 unspecified atom stereocenters. The van der Waals surface area contributed by atoms with Gasteiger partial charge >= 0.3 is 0 Å². The van der Waals surface area contributed by atoms with Crippen LogP contribution in [0.15, 0.2) is 29.2 Å². The van der Waals surface area contributed by atoms with Crippen molar-refractivity contribution >= 4 is 11.8 Å². The largest absolute Gasteiger partial charge is 0.389 e. The molecule has 1 aromatic carbocycles. The Morgan fingerprint density at radius 1 is 1.21 bits per heavy atom. The second-order valence-corrected chi connectivity index (χ2v) is 7.03. The van der Waals surface area contributed by atoms with E-state index in [0.29, 0.717) is 6.04 Å². The van der Waals surface area contributed by atoms with Crippen molar-refractivity contribution in [2.24, 2.45) is 0 Å². The fourth-order valence-electron chi connectivity index (χ4n) is 3.25. The van der Waals surface area contributed by atoms with E-state index in [1.807, 2.05) is 11.8 Å². The van der Waals surface area contributed by atoms with Crippen LogP contribution in [0.5, 0.6) is 0 Å². The van der Waals surface area contributed by atoms with Crippen molar-refractivity contribution in [3.8, 4) is 0 Å². The molecule has 3 heteroatoms. The van der Waals surface area contributed by atoms with Gasteiger partial charge in [-0.25, -0.2) is 0 Å². The van der Waals surface area contributed by atoms with Crippen molar-refractivity contribution < 1.29 is 5.11 Å². The van der Waals surface area contributed by atoms with E-state index in [-0.39, 0.29) is 0 Å². The van der Waals surface area contributed by atoms with Gasteiger partial charge in [-0.2, -0.15) is 0 Å². The molecule has 0 saturated heterocycles. The summed E-state index contributed by atoms with van der Waals surface area (Å²) in [5, 5.41) is 14.2. The highest BCUT2D eigenvalue weighted by Crippen LogP contribution is 2.36. The number of rotatable bonds is 3. The van der Waals surface area contributed by atoms with E-state index in [0.717, 1.165) is 25.8 Å². The van der Waals surface area contributed by atoms with Gasteiger partial charge in [-0.1, -0.05) is 37.5 Å².